The van der Waals surface area contributed by atoms with E-state index in [-0.39, 0.29) is 40.5 Å². The molecule has 162 valence electrons. The molecule has 1 aromatic carbocycles. The van der Waals surface area contributed by atoms with E-state index in [1.165, 1.54) is 18.6 Å². The number of rotatable bonds is 6. The summed E-state index contributed by atoms with van der Waals surface area (Å²) in [6.45, 7) is 6.24. The van der Waals surface area contributed by atoms with Crippen molar-refractivity contribution in [2.75, 3.05) is 52.2 Å². The molecule has 2 heterocycles. The number of aliphatic imine (C=N–C) groups is 1. The summed E-state index contributed by atoms with van der Waals surface area (Å²) in [7, 11) is 1.78. The van der Waals surface area contributed by atoms with Crippen LogP contribution in [0.3, 0.4) is 0 Å². The Morgan fingerprint density at radius 3 is 2.62 bits per heavy atom. The van der Waals surface area contributed by atoms with E-state index >= 15 is 0 Å². The van der Waals surface area contributed by atoms with Crippen LogP contribution in [0.15, 0.2) is 35.3 Å². The van der Waals surface area contributed by atoms with Gasteiger partial charge in [0.25, 0.3) is 0 Å². The quantitative estimate of drug-likeness (QED) is 0.335. The van der Waals surface area contributed by atoms with Crippen molar-refractivity contribution >= 4 is 47.6 Å². The van der Waals surface area contributed by atoms with Gasteiger partial charge in [-0.1, -0.05) is 30.3 Å². The first-order chi connectivity index (χ1) is 13.6. The molecule has 2 atom stereocenters. The highest BCUT2D eigenvalue weighted by molar-refractivity contribution is 14.0. The van der Waals surface area contributed by atoms with Crippen LogP contribution in [-0.2, 0) is 9.53 Å². The van der Waals surface area contributed by atoms with E-state index in [0.29, 0.717) is 32.8 Å². The highest BCUT2D eigenvalue weighted by atomic mass is 127. The Labute approximate surface area is 195 Å². The van der Waals surface area contributed by atoms with Gasteiger partial charge in [0.15, 0.2) is 5.96 Å². The monoisotopic (exact) mass is 532 g/mol. The third-order valence-electron chi connectivity index (χ3n) is 5.45. The molecule has 2 unspecified atom stereocenters. The van der Waals surface area contributed by atoms with Crippen LogP contribution in [0.1, 0.15) is 31.2 Å². The second kappa shape index (κ2) is 12.0. The lowest BCUT2D eigenvalue weighted by Crippen LogP contribution is -2.48. The van der Waals surface area contributed by atoms with Crippen molar-refractivity contribution in [3.05, 3.63) is 35.9 Å². The lowest BCUT2D eigenvalue weighted by atomic mass is 9.97. The van der Waals surface area contributed by atoms with Gasteiger partial charge in [-0.15, -0.1) is 24.0 Å². The molecule has 29 heavy (non-hydrogen) atoms. The van der Waals surface area contributed by atoms with Crippen LogP contribution in [0.4, 0.5) is 0 Å². The fourth-order valence-electron chi connectivity index (χ4n) is 3.70. The number of guanidine groups is 1. The molecular weight excluding hydrogens is 499 g/mol. The Hall–Kier alpha value is -1.000. The van der Waals surface area contributed by atoms with E-state index in [9.17, 15) is 4.79 Å². The van der Waals surface area contributed by atoms with Crippen LogP contribution >= 0.6 is 35.7 Å². The topological polar surface area (TPSA) is 66.0 Å². The van der Waals surface area contributed by atoms with Crippen molar-refractivity contribution in [1.82, 2.24) is 15.5 Å². The molecule has 1 aromatic rings. The minimum absolute atomic E-state index is 0. The van der Waals surface area contributed by atoms with Crippen LogP contribution in [0.25, 0.3) is 0 Å². The first-order valence-corrected chi connectivity index (χ1v) is 11.1. The number of ether oxygens (including phenoxy) is 1. The van der Waals surface area contributed by atoms with Crippen molar-refractivity contribution in [1.29, 1.82) is 0 Å². The number of morpholine rings is 1. The highest BCUT2D eigenvalue weighted by Gasteiger charge is 2.30. The Morgan fingerprint density at radius 2 is 2.00 bits per heavy atom. The maximum absolute atomic E-state index is 13.2. The second-order valence-corrected chi connectivity index (χ2v) is 9.29. The molecule has 0 bridgehead atoms. The Morgan fingerprint density at radius 1 is 1.28 bits per heavy atom. The molecule has 0 aromatic heterocycles. The molecule has 0 saturated carbocycles. The summed E-state index contributed by atoms with van der Waals surface area (Å²) >= 11 is 2.02. The average Bonchev–Trinajstić information content (AvgIpc) is 3.18. The van der Waals surface area contributed by atoms with Gasteiger partial charge in [0.05, 0.1) is 19.1 Å². The van der Waals surface area contributed by atoms with E-state index in [1.807, 2.05) is 47.0 Å². The third kappa shape index (κ3) is 7.03. The molecule has 2 saturated heterocycles. The van der Waals surface area contributed by atoms with Crippen LogP contribution < -0.4 is 10.6 Å². The molecule has 8 heteroatoms. The van der Waals surface area contributed by atoms with E-state index < -0.39 is 0 Å². The smallest absolute Gasteiger partial charge is 0.232 e. The maximum atomic E-state index is 13.2. The lowest BCUT2D eigenvalue weighted by molar-refractivity contribution is -0.136. The van der Waals surface area contributed by atoms with E-state index in [0.717, 1.165) is 18.1 Å². The number of amides is 1. The normalized spacial score (nSPS) is 23.2. The molecule has 2 N–H and O–H groups in total. The van der Waals surface area contributed by atoms with Gasteiger partial charge in [-0.25, -0.2) is 0 Å². The van der Waals surface area contributed by atoms with Gasteiger partial charge in [-0.3, -0.25) is 9.79 Å². The average molecular weight is 532 g/mol. The van der Waals surface area contributed by atoms with Crippen molar-refractivity contribution in [3.8, 4) is 0 Å². The zero-order valence-corrected chi connectivity index (χ0v) is 20.5. The number of carbonyl (C=O) groups excluding carboxylic acids is 1. The number of benzene rings is 1. The molecule has 0 radical (unpaired) electrons. The number of halogens is 1. The number of nitrogens with zero attached hydrogens (tertiary/aromatic N) is 2. The first kappa shape index (κ1) is 24.3. The van der Waals surface area contributed by atoms with Crippen molar-refractivity contribution in [2.24, 2.45) is 4.99 Å². The fourth-order valence-corrected chi connectivity index (χ4v) is 4.95. The molecular formula is C21H33IN4O2S. The van der Waals surface area contributed by atoms with Crippen molar-refractivity contribution in [2.45, 2.75) is 30.4 Å². The zero-order valence-electron chi connectivity index (χ0n) is 17.4. The lowest BCUT2D eigenvalue weighted by Gasteiger charge is -2.31. The van der Waals surface area contributed by atoms with Gasteiger partial charge in [0.2, 0.25) is 5.91 Å². The maximum Gasteiger partial charge on any atom is 0.232 e. The number of thioether (sulfide) groups is 1. The van der Waals surface area contributed by atoms with E-state index in [4.69, 9.17) is 4.74 Å². The Bertz CT molecular complexity index is 662. The molecule has 6 nitrogen and oxygen atoms in total. The largest absolute Gasteiger partial charge is 0.378 e. The SMILES string of the molecule is CN=C(NCC(C(=O)N1CCOCC1)c1ccccc1)NCC1(C)CCCS1.I. The molecule has 2 fully saturated rings. The highest BCUT2D eigenvalue weighted by Crippen LogP contribution is 2.36. The minimum atomic E-state index is -0.241. The molecule has 3 rings (SSSR count). The van der Waals surface area contributed by atoms with Crippen molar-refractivity contribution in [3.63, 3.8) is 0 Å². The predicted octanol–water partition coefficient (Wildman–Crippen LogP) is 2.70. The van der Waals surface area contributed by atoms with Crippen LogP contribution in [0, 0.1) is 0 Å². The summed E-state index contributed by atoms with van der Waals surface area (Å²) in [5.74, 6) is 1.89. The third-order valence-corrected chi connectivity index (χ3v) is 6.99. The van der Waals surface area contributed by atoms with Gasteiger partial charge in [0, 0.05) is 38.0 Å². The van der Waals surface area contributed by atoms with E-state index in [1.54, 1.807) is 7.05 Å². The molecule has 0 spiro atoms. The van der Waals surface area contributed by atoms with Gasteiger partial charge in [-0.05, 0) is 31.1 Å². The second-order valence-electron chi connectivity index (χ2n) is 7.61. The molecule has 2 aliphatic heterocycles. The minimum Gasteiger partial charge on any atom is -0.378 e. The predicted molar refractivity (Wildman–Crippen MR) is 131 cm³/mol. The van der Waals surface area contributed by atoms with Crippen LogP contribution in [0.2, 0.25) is 0 Å². The zero-order chi connectivity index (χ0) is 19.8. The summed E-state index contributed by atoms with van der Waals surface area (Å²) < 4.78 is 5.66. The number of hydrogen-bond acceptors (Lipinski definition) is 4. The molecule has 1 amide bonds. The molecule has 2 aliphatic rings. The van der Waals surface area contributed by atoms with Crippen LogP contribution in [-0.4, -0.2) is 73.7 Å². The Balaban J connectivity index is 0.00000300. The first-order valence-electron chi connectivity index (χ1n) is 10.1. The Kier molecular flexibility index (Phi) is 10.0. The fraction of sp³-hybridized carbons (Fsp3) is 0.619. The molecule has 0 aliphatic carbocycles. The van der Waals surface area contributed by atoms with Crippen molar-refractivity contribution < 1.29 is 9.53 Å². The number of nitrogens with one attached hydrogen (secondary N) is 2. The number of hydrogen-bond donors (Lipinski definition) is 2. The summed E-state index contributed by atoms with van der Waals surface area (Å²) in [5, 5.41) is 6.83. The van der Waals surface area contributed by atoms with Gasteiger partial charge in [-0.2, -0.15) is 11.8 Å². The van der Waals surface area contributed by atoms with Gasteiger partial charge >= 0.3 is 0 Å². The summed E-state index contributed by atoms with van der Waals surface area (Å²) in [6, 6.07) is 10.0. The summed E-state index contributed by atoms with van der Waals surface area (Å²) in [5.41, 5.74) is 1.03. The van der Waals surface area contributed by atoms with Gasteiger partial charge < -0.3 is 20.3 Å². The van der Waals surface area contributed by atoms with E-state index in [2.05, 4.69) is 22.5 Å². The summed E-state index contributed by atoms with van der Waals surface area (Å²) in [4.78, 5) is 19.5. The summed E-state index contributed by atoms with van der Waals surface area (Å²) in [6.07, 6.45) is 2.50. The number of carbonyl (C=O) groups is 1. The van der Waals surface area contributed by atoms with Crippen LogP contribution in [0.5, 0.6) is 0 Å². The standard InChI is InChI=1S/C21H32N4O2S.HI/c1-21(9-6-14-28-21)16-24-20(22-2)23-15-18(17-7-4-3-5-8-17)19(26)25-10-12-27-13-11-25;/h3-5,7-8,18H,6,9-16H2,1-2H3,(H2,22,23,24);1H. The van der Waals surface area contributed by atoms with Gasteiger partial charge in [0.1, 0.15) is 0 Å².